The molecule has 28 heavy (non-hydrogen) atoms. The monoisotopic (exact) mass is 411 g/mol. The van der Waals surface area contributed by atoms with Crippen LogP contribution in [0.2, 0.25) is 0 Å². The molecule has 1 aliphatic rings. The fraction of sp³-hybridized carbons (Fsp3) is 0.474. The van der Waals surface area contributed by atoms with Crippen molar-refractivity contribution in [2.75, 3.05) is 19.7 Å². The number of amides is 1. The number of benzene rings is 1. The quantitative estimate of drug-likeness (QED) is 0.290. The molecule has 1 aromatic rings. The van der Waals surface area contributed by atoms with E-state index in [1.807, 2.05) is 0 Å². The molecule has 1 heterocycles. The van der Waals surface area contributed by atoms with Gasteiger partial charge in [-0.2, -0.15) is 5.10 Å². The molecule has 1 amide bonds. The number of ether oxygens (including phenoxy) is 1. The number of Topliss-reactive ketones (excluding diaryl/α,β-unsaturated/α-hetero) is 1. The van der Waals surface area contributed by atoms with E-state index in [1.54, 1.807) is 36.1 Å². The van der Waals surface area contributed by atoms with Crippen LogP contribution in [0.1, 0.15) is 42.1 Å². The van der Waals surface area contributed by atoms with Crippen molar-refractivity contribution >= 4 is 36.3 Å². The molecule has 1 unspecified atom stereocenters. The maximum absolute atomic E-state index is 12.6. The molecule has 0 aromatic heterocycles. The number of carboxylic acids is 1. The minimum Gasteiger partial charge on any atom is -0.480 e. The lowest BCUT2D eigenvalue weighted by molar-refractivity contribution is -0.147. The van der Waals surface area contributed by atoms with Gasteiger partial charge in [0.1, 0.15) is 6.61 Å². The molecule has 0 aliphatic carbocycles. The van der Waals surface area contributed by atoms with E-state index in [0.29, 0.717) is 31.5 Å². The summed E-state index contributed by atoms with van der Waals surface area (Å²) in [5.74, 6) is 3.53. The van der Waals surface area contributed by atoms with Gasteiger partial charge in [0, 0.05) is 31.0 Å². The summed E-state index contributed by atoms with van der Waals surface area (Å²) in [6, 6.07) is 6.89. The zero-order chi connectivity index (χ0) is 19.8. The van der Waals surface area contributed by atoms with Crippen LogP contribution in [-0.2, 0) is 14.3 Å². The molecule has 3 N–H and O–H groups in total. The summed E-state index contributed by atoms with van der Waals surface area (Å²) in [4.78, 5) is 37.3. The number of rotatable bonds is 8. The average Bonchev–Trinajstić information content (AvgIpc) is 2.67. The summed E-state index contributed by atoms with van der Waals surface area (Å²) >= 11 is 0. The first-order valence-corrected chi connectivity index (χ1v) is 8.89. The van der Waals surface area contributed by atoms with E-state index in [0.717, 1.165) is 5.56 Å². The Morgan fingerprint density at radius 3 is 2.43 bits per heavy atom. The summed E-state index contributed by atoms with van der Waals surface area (Å²) in [7, 11) is 0. The van der Waals surface area contributed by atoms with Crippen molar-refractivity contribution in [2.24, 2.45) is 16.9 Å². The normalized spacial score (nSPS) is 15.8. The zero-order valence-electron chi connectivity index (χ0n) is 15.7. The van der Waals surface area contributed by atoms with Gasteiger partial charge in [-0.1, -0.05) is 31.2 Å². The van der Waals surface area contributed by atoms with Gasteiger partial charge in [-0.3, -0.25) is 9.59 Å². The van der Waals surface area contributed by atoms with Gasteiger partial charge in [-0.05, 0) is 18.4 Å². The fourth-order valence-electron chi connectivity index (χ4n) is 3.07. The fourth-order valence-corrected chi connectivity index (χ4v) is 3.07. The van der Waals surface area contributed by atoms with Crippen molar-refractivity contribution in [1.29, 1.82) is 0 Å². The number of hydrazone groups is 1. The van der Waals surface area contributed by atoms with Gasteiger partial charge < -0.3 is 20.6 Å². The maximum Gasteiger partial charge on any atom is 0.329 e. The first-order valence-electron chi connectivity index (χ1n) is 8.89. The van der Waals surface area contributed by atoms with Crippen LogP contribution in [-0.4, -0.2) is 59.7 Å². The predicted octanol–water partition coefficient (Wildman–Crippen LogP) is 1.70. The molecule has 1 aromatic carbocycles. The molecule has 9 heteroatoms. The number of piperidine rings is 1. The van der Waals surface area contributed by atoms with E-state index in [1.165, 1.54) is 6.21 Å². The molecule has 154 valence electrons. The number of carboxylic acid groups (broad SMARTS) is 1. The summed E-state index contributed by atoms with van der Waals surface area (Å²) < 4.78 is 5.27. The van der Waals surface area contributed by atoms with Gasteiger partial charge in [0.05, 0.1) is 12.3 Å². The SMILES string of the molecule is CC(CC(=O)c1ccc(C=NN)cc1)C(=O)N1CCC(OCC(=O)O)CC1.Cl. The lowest BCUT2D eigenvalue weighted by Gasteiger charge is -2.33. The Morgan fingerprint density at radius 1 is 1.29 bits per heavy atom. The van der Waals surface area contributed by atoms with Crippen LogP contribution in [0.4, 0.5) is 0 Å². The number of nitrogens with zero attached hydrogens (tertiary/aromatic N) is 2. The van der Waals surface area contributed by atoms with E-state index < -0.39 is 11.9 Å². The number of ketones is 1. The summed E-state index contributed by atoms with van der Waals surface area (Å²) in [5, 5.41) is 12.1. The molecule has 0 bridgehead atoms. The Kier molecular flexibility index (Phi) is 9.61. The van der Waals surface area contributed by atoms with E-state index in [4.69, 9.17) is 15.7 Å². The number of carbonyl (C=O) groups excluding carboxylic acids is 2. The summed E-state index contributed by atoms with van der Waals surface area (Å²) in [6.07, 6.45) is 2.69. The van der Waals surface area contributed by atoms with Gasteiger partial charge in [0.2, 0.25) is 5.91 Å². The Bertz CT molecular complexity index is 700. The third kappa shape index (κ3) is 6.94. The van der Waals surface area contributed by atoms with E-state index in [9.17, 15) is 14.4 Å². The minimum atomic E-state index is -0.996. The highest BCUT2D eigenvalue weighted by Crippen LogP contribution is 2.19. The number of nitrogens with two attached hydrogens (primary N) is 1. The summed E-state index contributed by atoms with van der Waals surface area (Å²) in [5.41, 5.74) is 1.34. The van der Waals surface area contributed by atoms with Crippen molar-refractivity contribution < 1.29 is 24.2 Å². The number of halogens is 1. The summed E-state index contributed by atoms with van der Waals surface area (Å²) in [6.45, 7) is 2.45. The Hall–Kier alpha value is -2.45. The van der Waals surface area contributed by atoms with E-state index in [-0.39, 0.29) is 43.2 Å². The van der Waals surface area contributed by atoms with Crippen LogP contribution in [0, 0.1) is 5.92 Å². The smallest absolute Gasteiger partial charge is 0.329 e. The topological polar surface area (TPSA) is 122 Å². The minimum absolute atomic E-state index is 0. The standard InChI is InChI=1S/C19H25N3O5.ClH/c1-13(10-17(23)15-4-2-14(3-5-15)11-21-20)19(26)22-8-6-16(7-9-22)27-12-18(24)25;/h2-5,11,13,16H,6-10,12,20H2,1H3,(H,24,25);1H. The number of likely N-dealkylation sites (tertiary alicyclic amines) is 1. The first kappa shape index (κ1) is 23.6. The molecule has 0 saturated carbocycles. The van der Waals surface area contributed by atoms with Crippen molar-refractivity contribution in [3.8, 4) is 0 Å². The second-order valence-electron chi connectivity index (χ2n) is 6.66. The molecule has 1 atom stereocenters. The highest BCUT2D eigenvalue weighted by atomic mass is 35.5. The second kappa shape index (κ2) is 11.4. The molecular formula is C19H26ClN3O5. The van der Waals surface area contributed by atoms with Crippen molar-refractivity contribution in [2.45, 2.75) is 32.3 Å². The molecule has 8 nitrogen and oxygen atoms in total. The van der Waals surface area contributed by atoms with Crippen LogP contribution >= 0.6 is 12.4 Å². The lowest BCUT2D eigenvalue weighted by atomic mass is 9.97. The molecule has 2 rings (SSSR count). The van der Waals surface area contributed by atoms with Crippen molar-refractivity contribution in [3.63, 3.8) is 0 Å². The first-order chi connectivity index (χ1) is 12.9. The Labute approximate surface area is 170 Å². The highest BCUT2D eigenvalue weighted by Gasteiger charge is 2.28. The van der Waals surface area contributed by atoms with E-state index in [2.05, 4.69) is 5.10 Å². The molecule has 0 radical (unpaired) electrons. The zero-order valence-corrected chi connectivity index (χ0v) is 16.6. The Morgan fingerprint density at radius 2 is 1.89 bits per heavy atom. The van der Waals surface area contributed by atoms with Crippen LogP contribution in [0.5, 0.6) is 0 Å². The van der Waals surface area contributed by atoms with Crippen LogP contribution in [0.3, 0.4) is 0 Å². The molecule has 0 spiro atoms. The highest BCUT2D eigenvalue weighted by molar-refractivity contribution is 5.99. The van der Waals surface area contributed by atoms with Crippen molar-refractivity contribution in [1.82, 2.24) is 4.90 Å². The van der Waals surface area contributed by atoms with Gasteiger partial charge in [0.25, 0.3) is 0 Å². The van der Waals surface area contributed by atoms with E-state index >= 15 is 0 Å². The third-order valence-corrected chi connectivity index (χ3v) is 4.57. The number of hydrogen-bond acceptors (Lipinski definition) is 6. The van der Waals surface area contributed by atoms with Crippen molar-refractivity contribution in [3.05, 3.63) is 35.4 Å². The largest absolute Gasteiger partial charge is 0.480 e. The third-order valence-electron chi connectivity index (χ3n) is 4.57. The number of hydrogen-bond donors (Lipinski definition) is 2. The molecule has 1 saturated heterocycles. The molecule has 1 aliphatic heterocycles. The van der Waals surface area contributed by atoms with Crippen LogP contribution < -0.4 is 5.84 Å². The maximum atomic E-state index is 12.6. The second-order valence-corrected chi connectivity index (χ2v) is 6.66. The van der Waals surface area contributed by atoms with Gasteiger partial charge >= 0.3 is 5.97 Å². The predicted molar refractivity (Wildman–Crippen MR) is 107 cm³/mol. The number of aliphatic carboxylic acids is 1. The van der Waals surface area contributed by atoms with Gasteiger partial charge in [-0.15, -0.1) is 12.4 Å². The van der Waals surface area contributed by atoms with Gasteiger partial charge in [0.15, 0.2) is 5.78 Å². The number of carbonyl (C=O) groups is 3. The lowest BCUT2D eigenvalue weighted by Crippen LogP contribution is -2.43. The average molecular weight is 412 g/mol. The van der Waals surface area contributed by atoms with Gasteiger partial charge in [-0.25, -0.2) is 4.79 Å². The molecule has 1 fully saturated rings. The van der Waals surface area contributed by atoms with Crippen LogP contribution in [0.25, 0.3) is 0 Å². The molecular weight excluding hydrogens is 386 g/mol. The van der Waals surface area contributed by atoms with Crippen LogP contribution in [0.15, 0.2) is 29.4 Å². The Balaban J connectivity index is 0.00000392.